The first-order valence-electron chi connectivity index (χ1n) is 6.49. The van der Waals surface area contributed by atoms with E-state index in [4.69, 9.17) is 0 Å². The van der Waals surface area contributed by atoms with Gasteiger partial charge in [0, 0.05) is 12.6 Å². The SMILES string of the molecule is O=NC1(CCN2CCCC2CO)CCCC1. The van der Waals surface area contributed by atoms with Gasteiger partial charge in [-0.3, -0.25) is 4.90 Å². The molecular formula is C12H22N2O2. The smallest absolute Gasteiger partial charge is 0.104 e. The third kappa shape index (κ3) is 2.43. The number of aliphatic hydroxyl groups is 1. The maximum absolute atomic E-state index is 11.0. The molecule has 1 unspecified atom stereocenters. The van der Waals surface area contributed by atoms with Crippen molar-refractivity contribution in [3.8, 4) is 0 Å². The molecule has 4 heteroatoms. The molecule has 0 radical (unpaired) electrons. The Balaban J connectivity index is 1.83. The maximum Gasteiger partial charge on any atom is 0.104 e. The Labute approximate surface area is 97.0 Å². The number of likely N-dealkylation sites (tertiary alicyclic amines) is 1. The molecule has 2 aliphatic rings. The first kappa shape index (κ1) is 12.0. The minimum Gasteiger partial charge on any atom is -0.395 e. The molecule has 0 spiro atoms. The summed E-state index contributed by atoms with van der Waals surface area (Å²) in [5.41, 5.74) is -0.275. The highest BCUT2D eigenvalue weighted by Gasteiger charge is 2.36. The van der Waals surface area contributed by atoms with Gasteiger partial charge in [0.25, 0.3) is 0 Å². The molecule has 2 rings (SSSR count). The van der Waals surface area contributed by atoms with E-state index in [0.717, 1.165) is 51.6 Å². The monoisotopic (exact) mass is 226 g/mol. The number of nitroso groups, excluding NO2 is 1. The molecule has 2 fully saturated rings. The van der Waals surface area contributed by atoms with Crippen LogP contribution in [0.2, 0.25) is 0 Å². The normalized spacial score (nSPS) is 29.7. The average Bonchev–Trinajstić information content (AvgIpc) is 2.96. The summed E-state index contributed by atoms with van der Waals surface area (Å²) in [7, 11) is 0. The van der Waals surface area contributed by atoms with Crippen LogP contribution in [0.25, 0.3) is 0 Å². The molecule has 4 nitrogen and oxygen atoms in total. The van der Waals surface area contributed by atoms with Crippen molar-refractivity contribution in [2.24, 2.45) is 5.18 Å². The van der Waals surface area contributed by atoms with Gasteiger partial charge in [0.1, 0.15) is 5.54 Å². The van der Waals surface area contributed by atoms with E-state index in [1.54, 1.807) is 0 Å². The van der Waals surface area contributed by atoms with E-state index in [1.807, 2.05) is 0 Å². The molecule has 1 aliphatic carbocycles. The van der Waals surface area contributed by atoms with Gasteiger partial charge in [0.2, 0.25) is 0 Å². The largest absolute Gasteiger partial charge is 0.395 e. The van der Waals surface area contributed by atoms with Crippen LogP contribution in [0.1, 0.15) is 44.9 Å². The summed E-state index contributed by atoms with van der Waals surface area (Å²) in [4.78, 5) is 13.3. The Bertz CT molecular complexity index is 239. The first-order chi connectivity index (χ1) is 7.79. The lowest BCUT2D eigenvalue weighted by Gasteiger charge is -2.27. The molecule has 1 heterocycles. The fourth-order valence-electron chi connectivity index (χ4n) is 3.17. The summed E-state index contributed by atoms with van der Waals surface area (Å²) in [5.74, 6) is 0. The Morgan fingerprint density at radius 2 is 2.06 bits per heavy atom. The van der Waals surface area contributed by atoms with Crippen LogP contribution in [-0.4, -0.2) is 41.3 Å². The molecule has 1 atom stereocenters. The Morgan fingerprint density at radius 3 is 2.69 bits per heavy atom. The van der Waals surface area contributed by atoms with Crippen molar-refractivity contribution in [2.45, 2.75) is 56.5 Å². The zero-order chi connectivity index (χ0) is 11.4. The number of hydrogen-bond donors (Lipinski definition) is 1. The number of rotatable bonds is 5. The highest BCUT2D eigenvalue weighted by atomic mass is 16.3. The Hall–Kier alpha value is -0.480. The molecule has 0 amide bonds. The number of nitrogens with zero attached hydrogens (tertiary/aromatic N) is 2. The molecule has 0 bridgehead atoms. The Kier molecular flexibility index (Phi) is 3.92. The van der Waals surface area contributed by atoms with E-state index in [9.17, 15) is 10.0 Å². The lowest BCUT2D eigenvalue weighted by molar-refractivity contribution is 0.149. The van der Waals surface area contributed by atoms with Gasteiger partial charge in [-0.05, 0) is 38.6 Å². The van der Waals surface area contributed by atoms with E-state index < -0.39 is 0 Å². The molecular weight excluding hydrogens is 204 g/mol. The second kappa shape index (κ2) is 5.23. The minimum atomic E-state index is -0.275. The van der Waals surface area contributed by atoms with E-state index in [2.05, 4.69) is 10.1 Å². The topological polar surface area (TPSA) is 52.9 Å². The second-order valence-electron chi connectivity index (χ2n) is 5.29. The van der Waals surface area contributed by atoms with Gasteiger partial charge >= 0.3 is 0 Å². The van der Waals surface area contributed by atoms with Gasteiger partial charge in [0.15, 0.2) is 0 Å². The lowest BCUT2D eigenvalue weighted by atomic mass is 9.94. The quantitative estimate of drug-likeness (QED) is 0.729. The third-order valence-electron chi connectivity index (χ3n) is 4.30. The fourth-order valence-corrected chi connectivity index (χ4v) is 3.17. The first-order valence-corrected chi connectivity index (χ1v) is 6.49. The average molecular weight is 226 g/mol. The summed E-state index contributed by atoms with van der Waals surface area (Å²) in [6.07, 6.45) is 7.38. The van der Waals surface area contributed by atoms with Crippen molar-refractivity contribution in [3.63, 3.8) is 0 Å². The molecule has 1 aliphatic heterocycles. The van der Waals surface area contributed by atoms with Crippen LogP contribution in [0.15, 0.2) is 5.18 Å². The Morgan fingerprint density at radius 1 is 1.31 bits per heavy atom. The van der Waals surface area contributed by atoms with Crippen molar-refractivity contribution in [1.29, 1.82) is 0 Å². The summed E-state index contributed by atoms with van der Waals surface area (Å²) in [6.45, 7) is 2.25. The van der Waals surface area contributed by atoms with Crippen LogP contribution in [-0.2, 0) is 0 Å². The van der Waals surface area contributed by atoms with Crippen LogP contribution in [0.3, 0.4) is 0 Å². The molecule has 0 aromatic heterocycles. The summed E-state index contributed by atoms with van der Waals surface area (Å²) < 4.78 is 0. The zero-order valence-electron chi connectivity index (χ0n) is 9.90. The van der Waals surface area contributed by atoms with Crippen LogP contribution in [0, 0.1) is 4.91 Å². The van der Waals surface area contributed by atoms with Crippen molar-refractivity contribution < 1.29 is 5.11 Å². The predicted molar refractivity (Wildman–Crippen MR) is 63.3 cm³/mol. The van der Waals surface area contributed by atoms with E-state index in [1.165, 1.54) is 6.42 Å². The minimum absolute atomic E-state index is 0.252. The molecule has 1 N–H and O–H groups in total. The van der Waals surface area contributed by atoms with Crippen LogP contribution >= 0.6 is 0 Å². The van der Waals surface area contributed by atoms with Crippen LogP contribution < -0.4 is 0 Å². The molecule has 1 saturated carbocycles. The molecule has 0 aromatic rings. The van der Waals surface area contributed by atoms with Crippen molar-refractivity contribution in [3.05, 3.63) is 4.91 Å². The van der Waals surface area contributed by atoms with E-state index in [0.29, 0.717) is 6.04 Å². The fraction of sp³-hybridized carbons (Fsp3) is 1.00. The molecule has 92 valence electrons. The summed E-state index contributed by atoms with van der Waals surface area (Å²) >= 11 is 0. The van der Waals surface area contributed by atoms with E-state index in [-0.39, 0.29) is 12.1 Å². The predicted octanol–water partition coefficient (Wildman–Crippen LogP) is 1.91. The number of hydrogen-bond acceptors (Lipinski definition) is 4. The van der Waals surface area contributed by atoms with Crippen molar-refractivity contribution in [1.82, 2.24) is 4.90 Å². The molecule has 1 saturated heterocycles. The van der Waals surface area contributed by atoms with Gasteiger partial charge in [-0.15, -0.1) is 0 Å². The van der Waals surface area contributed by atoms with Crippen molar-refractivity contribution >= 4 is 0 Å². The van der Waals surface area contributed by atoms with E-state index >= 15 is 0 Å². The maximum atomic E-state index is 11.0. The van der Waals surface area contributed by atoms with Crippen LogP contribution in [0.4, 0.5) is 0 Å². The summed E-state index contributed by atoms with van der Waals surface area (Å²) in [5, 5.41) is 12.6. The molecule has 0 aromatic carbocycles. The van der Waals surface area contributed by atoms with Gasteiger partial charge in [-0.2, -0.15) is 4.91 Å². The van der Waals surface area contributed by atoms with Gasteiger partial charge in [-0.1, -0.05) is 18.0 Å². The van der Waals surface area contributed by atoms with Gasteiger partial charge in [-0.25, -0.2) is 0 Å². The van der Waals surface area contributed by atoms with Crippen molar-refractivity contribution in [2.75, 3.05) is 19.7 Å². The van der Waals surface area contributed by atoms with Gasteiger partial charge < -0.3 is 5.11 Å². The van der Waals surface area contributed by atoms with Gasteiger partial charge in [0.05, 0.1) is 6.61 Å². The standard InChI is InChI=1S/C12H22N2O2/c15-10-11-4-3-8-14(11)9-7-12(13-16)5-1-2-6-12/h11,15H,1-10H2. The van der Waals surface area contributed by atoms with Crippen LogP contribution in [0.5, 0.6) is 0 Å². The summed E-state index contributed by atoms with van der Waals surface area (Å²) in [6, 6.07) is 0.324. The number of aliphatic hydroxyl groups excluding tert-OH is 1. The highest BCUT2D eigenvalue weighted by Crippen LogP contribution is 2.36. The second-order valence-corrected chi connectivity index (χ2v) is 5.29. The highest BCUT2D eigenvalue weighted by molar-refractivity contribution is 4.94. The molecule has 16 heavy (non-hydrogen) atoms. The lowest BCUT2D eigenvalue weighted by Crippen LogP contribution is -2.36. The third-order valence-corrected chi connectivity index (χ3v) is 4.30. The zero-order valence-corrected chi connectivity index (χ0v) is 9.90.